The smallest absolute Gasteiger partial charge is 0.270 e. The van der Waals surface area contributed by atoms with Gasteiger partial charge in [0.25, 0.3) is 11.6 Å². The van der Waals surface area contributed by atoms with E-state index in [2.05, 4.69) is 10.6 Å². The van der Waals surface area contributed by atoms with Crippen molar-refractivity contribution in [3.63, 3.8) is 0 Å². The van der Waals surface area contributed by atoms with E-state index in [1.54, 1.807) is 24.3 Å². The predicted octanol–water partition coefficient (Wildman–Crippen LogP) is 2.77. The number of anilines is 2. The molecular weight excluding hydrogens is 354 g/mol. The lowest BCUT2D eigenvalue weighted by atomic mass is 10.2. The monoisotopic (exact) mass is 371 g/mol. The Balaban J connectivity index is 2.04. The van der Waals surface area contributed by atoms with Crippen molar-refractivity contribution in [3.05, 3.63) is 58.1 Å². The molecule has 0 fully saturated rings. The predicted molar refractivity (Wildman–Crippen MR) is 97.9 cm³/mol. The number of hydrogen-bond acceptors (Lipinski definition) is 6. The lowest BCUT2D eigenvalue weighted by molar-refractivity contribution is -0.384. The first kappa shape index (κ1) is 19.6. The molecule has 2 N–H and O–H groups in total. The average molecular weight is 371 g/mol. The molecular formula is C18H17N3O6. The maximum Gasteiger partial charge on any atom is 0.270 e. The maximum absolute atomic E-state index is 12.3. The van der Waals surface area contributed by atoms with E-state index in [4.69, 9.17) is 4.74 Å². The van der Waals surface area contributed by atoms with E-state index >= 15 is 0 Å². The molecule has 9 heteroatoms. The number of aldehydes is 1. The standard InChI is InChI=1S/C18H17N3O6/c1-11(27-17-8-7-16(21(25)26)9-13(17)10-22)18(24)20-15-5-3-14(4-6-15)19-12(2)23/h3-11H,1-2H3,(H,19,23)(H,20,24)/t11-/m0/s1. The van der Waals surface area contributed by atoms with E-state index < -0.39 is 16.9 Å². The molecule has 0 aromatic heterocycles. The van der Waals surface area contributed by atoms with Gasteiger partial charge in [-0.05, 0) is 37.3 Å². The maximum atomic E-state index is 12.3. The quantitative estimate of drug-likeness (QED) is 0.438. The fraction of sp³-hybridized carbons (Fsp3) is 0.167. The molecule has 140 valence electrons. The minimum atomic E-state index is -0.958. The number of nitro groups is 1. The number of carbonyl (C=O) groups excluding carboxylic acids is 3. The van der Waals surface area contributed by atoms with Crippen molar-refractivity contribution in [1.82, 2.24) is 0 Å². The number of ether oxygens (including phenoxy) is 1. The summed E-state index contributed by atoms with van der Waals surface area (Å²) in [5.41, 5.74) is 0.805. The molecule has 0 bridgehead atoms. The molecule has 0 aliphatic carbocycles. The normalized spacial score (nSPS) is 11.2. The van der Waals surface area contributed by atoms with E-state index in [-0.39, 0.29) is 22.9 Å². The van der Waals surface area contributed by atoms with Gasteiger partial charge in [-0.25, -0.2) is 0 Å². The minimum absolute atomic E-state index is 0.0245. The summed E-state index contributed by atoms with van der Waals surface area (Å²) < 4.78 is 5.46. The van der Waals surface area contributed by atoms with Crippen molar-refractivity contribution in [1.29, 1.82) is 0 Å². The van der Waals surface area contributed by atoms with Crippen molar-refractivity contribution in [2.45, 2.75) is 20.0 Å². The molecule has 0 aliphatic rings. The van der Waals surface area contributed by atoms with Crippen LogP contribution in [0.3, 0.4) is 0 Å². The van der Waals surface area contributed by atoms with Crippen molar-refractivity contribution >= 4 is 35.2 Å². The summed E-state index contributed by atoms with van der Waals surface area (Å²) >= 11 is 0. The van der Waals surface area contributed by atoms with Gasteiger partial charge in [-0.2, -0.15) is 0 Å². The third kappa shape index (κ3) is 5.36. The summed E-state index contributed by atoms with van der Waals surface area (Å²) in [5.74, 6) is -0.611. The Labute approximate surface area is 154 Å². The number of nitrogens with zero attached hydrogens (tertiary/aromatic N) is 1. The molecule has 1 atom stereocenters. The molecule has 0 heterocycles. The molecule has 9 nitrogen and oxygen atoms in total. The van der Waals surface area contributed by atoms with E-state index in [0.717, 1.165) is 6.07 Å². The Morgan fingerprint density at radius 3 is 2.22 bits per heavy atom. The third-order valence-corrected chi connectivity index (χ3v) is 3.48. The van der Waals surface area contributed by atoms with E-state index in [9.17, 15) is 24.5 Å². The second kappa shape index (κ2) is 8.56. The van der Waals surface area contributed by atoms with Gasteiger partial charge in [0.2, 0.25) is 5.91 Å². The number of hydrogen-bond donors (Lipinski definition) is 2. The van der Waals surface area contributed by atoms with Gasteiger partial charge in [0, 0.05) is 30.4 Å². The molecule has 0 unspecified atom stereocenters. The van der Waals surface area contributed by atoms with Gasteiger partial charge < -0.3 is 15.4 Å². The second-order valence-electron chi connectivity index (χ2n) is 5.60. The van der Waals surface area contributed by atoms with Crippen molar-refractivity contribution < 1.29 is 24.0 Å². The Kier molecular flexibility index (Phi) is 6.21. The van der Waals surface area contributed by atoms with Crippen molar-refractivity contribution in [3.8, 4) is 5.75 Å². The Morgan fingerprint density at radius 1 is 1.11 bits per heavy atom. The zero-order valence-electron chi connectivity index (χ0n) is 14.6. The molecule has 2 rings (SSSR count). The average Bonchev–Trinajstić information content (AvgIpc) is 2.62. The fourth-order valence-electron chi connectivity index (χ4n) is 2.18. The van der Waals surface area contributed by atoms with Gasteiger partial charge in [0.15, 0.2) is 12.4 Å². The van der Waals surface area contributed by atoms with Crippen LogP contribution in [0.5, 0.6) is 5.75 Å². The summed E-state index contributed by atoms with van der Waals surface area (Å²) in [4.78, 5) is 44.5. The van der Waals surface area contributed by atoms with E-state index in [0.29, 0.717) is 17.7 Å². The fourth-order valence-corrected chi connectivity index (χ4v) is 2.18. The summed E-state index contributed by atoms with van der Waals surface area (Å²) in [6, 6.07) is 10.0. The number of carbonyl (C=O) groups is 3. The molecule has 0 spiro atoms. The summed E-state index contributed by atoms with van der Waals surface area (Å²) in [6.45, 7) is 2.87. The van der Waals surface area contributed by atoms with Crippen LogP contribution in [0, 0.1) is 10.1 Å². The molecule has 0 aliphatic heterocycles. The lowest BCUT2D eigenvalue weighted by Gasteiger charge is -2.16. The van der Waals surface area contributed by atoms with Crippen LogP contribution in [0.1, 0.15) is 24.2 Å². The van der Waals surface area contributed by atoms with Gasteiger partial charge in [-0.15, -0.1) is 0 Å². The highest BCUT2D eigenvalue weighted by molar-refractivity contribution is 5.95. The number of nitrogens with one attached hydrogen (secondary N) is 2. The van der Waals surface area contributed by atoms with Gasteiger partial charge in [-0.1, -0.05) is 0 Å². The molecule has 0 saturated heterocycles. The van der Waals surface area contributed by atoms with Crippen molar-refractivity contribution in [2.24, 2.45) is 0 Å². The van der Waals surface area contributed by atoms with Crippen LogP contribution in [-0.2, 0) is 9.59 Å². The first-order chi connectivity index (χ1) is 12.8. The van der Waals surface area contributed by atoms with Crippen molar-refractivity contribution in [2.75, 3.05) is 10.6 Å². The Hall–Kier alpha value is -3.75. The first-order valence-electron chi connectivity index (χ1n) is 7.89. The van der Waals surface area contributed by atoms with Crippen LogP contribution < -0.4 is 15.4 Å². The zero-order valence-corrected chi connectivity index (χ0v) is 14.6. The number of nitro benzene ring substituents is 1. The van der Waals surface area contributed by atoms with E-state index in [1.165, 1.54) is 26.0 Å². The number of amides is 2. The van der Waals surface area contributed by atoms with Gasteiger partial charge in [-0.3, -0.25) is 24.5 Å². The Morgan fingerprint density at radius 2 is 1.70 bits per heavy atom. The molecule has 2 aromatic carbocycles. The summed E-state index contributed by atoms with van der Waals surface area (Å²) in [7, 11) is 0. The van der Waals surface area contributed by atoms with Crippen LogP contribution in [-0.4, -0.2) is 29.1 Å². The van der Waals surface area contributed by atoms with Crippen LogP contribution >= 0.6 is 0 Å². The van der Waals surface area contributed by atoms with Crippen LogP contribution in [0.15, 0.2) is 42.5 Å². The molecule has 0 saturated carbocycles. The number of rotatable bonds is 7. The van der Waals surface area contributed by atoms with Crippen LogP contribution in [0.25, 0.3) is 0 Å². The zero-order chi connectivity index (χ0) is 20.0. The lowest BCUT2D eigenvalue weighted by Crippen LogP contribution is -2.30. The summed E-state index contributed by atoms with van der Waals surface area (Å²) in [6.07, 6.45) is -0.534. The minimum Gasteiger partial charge on any atom is -0.480 e. The Bertz CT molecular complexity index is 879. The SMILES string of the molecule is CC(=O)Nc1ccc(NC(=O)[C@H](C)Oc2ccc([N+](=O)[O-])cc2C=O)cc1. The second-order valence-corrected chi connectivity index (χ2v) is 5.60. The highest BCUT2D eigenvalue weighted by Crippen LogP contribution is 2.24. The van der Waals surface area contributed by atoms with Gasteiger partial charge in [0.1, 0.15) is 5.75 Å². The van der Waals surface area contributed by atoms with E-state index in [1.807, 2.05) is 0 Å². The topological polar surface area (TPSA) is 128 Å². The molecule has 27 heavy (non-hydrogen) atoms. The molecule has 2 amide bonds. The highest BCUT2D eigenvalue weighted by Gasteiger charge is 2.18. The first-order valence-corrected chi connectivity index (χ1v) is 7.89. The van der Waals surface area contributed by atoms with Gasteiger partial charge in [0.05, 0.1) is 10.5 Å². The largest absolute Gasteiger partial charge is 0.480 e. The third-order valence-electron chi connectivity index (χ3n) is 3.48. The summed E-state index contributed by atoms with van der Waals surface area (Å²) in [5, 5.41) is 16.0. The van der Waals surface area contributed by atoms with Gasteiger partial charge >= 0.3 is 0 Å². The highest BCUT2D eigenvalue weighted by atomic mass is 16.6. The molecule has 0 radical (unpaired) electrons. The molecule has 2 aromatic rings. The number of non-ortho nitro benzene ring substituents is 1. The number of benzene rings is 2. The van der Waals surface area contributed by atoms with Crippen LogP contribution in [0.2, 0.25) is 0 Å². The van der Waals surface area contributed by atoms with Crippen LogP contribution in [0.4, 0.5) is 17.1 Å².